The van der Waals surface area contributed by atoms with Crippen LogP contribution in [0.2, 0.25) is 0 Å². The number of nitrogens with one attached hydrogen (secondary N) is 1. The molecule has 4 nitrogen and oxygen atoms in total. The molecule has 5 heteroatoms. The number of aromatic carboxylic acids is 1. The Morgan fingerprint density at radius 1 is 1.10 bits per heavy atom. The van der Waals surface area contributed by atoms with Gasteiger partial charge in [-0.25, -0.2) is 4.79 Å². The maximum absolute atomic E-state index is 12.1. The summed E-state index contributed by atoms with van der Waals surface area (Å²) in [6, 6.07) is 11.4. The number of carbonyl (C=O) groups excluding carboxylic acids is 1. The monoisotopic (exact) mass is 333 g/mol. The van der Waals surface area contributed by atoms with Crippen molar-refractivity contribution in [3.63, 3.8) is 0 Å². The molecule has 0 saturated heterocycles. The van der Waals surface area contributed by atoms with E-state index in [9.17, 15) is 9.59 Å². The van der Waals surface area contributed by atoms with Gasteiger partial charge in [0.2, 0.25) is 0 Å². The summed E-state index contributed by atoms with van der Waals surface area (Å²) in [7, 11) is 0. The topological polar surface area (TPSA) is 66.4 Å². The normalized spacial score (nSPS) is 10.1. The van der Waals surface area contributed by atoms with Gasteiger partial charge < -0.3 is 10.4 Å². The third-order valence-electron chi connectivity index (χ3n) is 2.81. The van der Waals surface area contributed by atoms with Crippen LogP contribution in [0.1, 0.15) is 26.3 Å². The summed E-state index contributed by atoms with van der Waals surface area (Å²) in [5.41, 5.74) is 2.01. The quantitative estimate of drug-likeness (QED) is 0.899. The number of aryl methyl sites for hydroxylation is 1. The number of amides is 1. The predicted octanol–water partition coefficient (Wildman–Crippen LogP) is 3.71. The molecule has 2 aromatic rings. The summed E-state index contributed by atoms with van der Waals surface area (Å²) in [5, 5.41) is 11.7. The number of carboxylic acid groups (broad SMARTS) is 1. The second-order valence-corrected chi connectivity index (χ2v) is 5.22. The molecule has 2 N–H and O–H groups in total. The van der Waals surface area contributed by atoms with E-state index >= 15 is 0 Å². The van der Waals surface area contributed by atoms with Gasteiger partial charge in [-0.15, -0.1) is 0 Å². The van der Waals surface area contributed by atoms with Gasteiger partial charge in [-0.1, -0.05) is 22.0 Å². The van der Waals surface area contributed by atoms with Crippen molar-refractivity contribution in [1.29, 1.82) is 0 Å². The Morgan fingerprint density at radius 3 is 2.45 bits per heavy atom. The van der Waals surface area contributed by atoms with E-state index in [4.69, 9.17) is 5.11 Å². The van der Waals surface area contributed by atoms with Crippen LogP contribution in [0.5, 0.6) is 0 Å². The molecule has 0 aromatic heterocycles. The van der Waals surface area contributed by atoms with E-state index in [2.05, 4.69) is 21.2 Å². The number of benzene rings is 2. The molecule has 0 unspecified atom stereocenters. The Kier molecular flexibility index (Phi) is 4.20. The fourth-order valence-corrected chi connectivity index (χ4v) is 2.23. The average Bonchev–Trinajstić information content (AvgIpc) is 2.42. The molecule has 0 heterocycles. The Morgan fingerprint density at radius 2 is 1.80 bits per heavy atom. The fourth-order valence-electron chi connectivity index (χ4n) is 1.76. The smallest absolute Gasteiger partial charge is 0.335 e. The molecule has 0 aliphatic rings. The van der Waals surface area contributed by atoms with Crippen molar-refractivity contribution >= 4 is 33.5 Å². The average molecular weight is 334 g/mol. The molecule has 0 fully saturated rings. The van der Waals surface area contributed by atoms with Gasteiger partial charge in [-0.05, 0) is 48.9 Å². The molecule has 0 spiro atoms. The summed E-state index contributed by atoms with van der Waals surface area (Å²) in [5.74, 6) is -1.39. The van der Waals surface area contributed by atoms with Crippen LogP contribution in [0.4, 0.5) is 5.69 Å². The van der Waals surface area contributed by atoms with Crippen molar-refractivity contribution in [1.82, 2.24) is 0 Å². The minimum Gasteiger partial charge on any atom is -0.478 e. The Balaban J connectivity index is 2.24. The number of hydrogen-bond acceptors (Lipinski definition) is 2. The van der Waals surface area contributed by atoms with E-state index in [-0.39, 0.29) is 11.5 Å². The Labute approximate surface area is 124 Å². The number of anilines is 1. The van der Waals surface area contributed by atoms with E-state index in [0.29, 0.717) is 11.3 Å². The highest BCUT2D eigenvalue weighted by atomic mass is 79.9. The van der Waals surface area contributed by atoms with Crippen molar-refractivity contribution in [2.45, 2.75) is 6.92 Å². The SMILES string of the molecule is Cc1cc(Br)ccc1NC(=O)c1cccc(C(=O)O)c1. The van der Waals surface area contributed by atoms with Crippen LogP contribution < -0.4 is 5.32 Å². The first-order valence-corrected chi connectivity index (χ1v) is 6.67. The van der Waals surface area contributed by atoms with Crippen molar-refractivity contribution < 1.29 is 14.7 Å². The highest BCUT2D eigenvalue weighted by molar-refractivity contribution is 9.10. The van der Waals surface area contributed by atoms with Crippen molar-refractivity contribution in [3.8, 4) is 0 Å². The van der Waals surface area contributed by atoms with E-state index < -0.39 is 5.97 Å². The molecule has 1 amide bonds. The number of carboxylic acids is 1. The van der Waals surface area contributed by atoms with Crippen molar-refractivity contribution in [3.05, 3.63) is 63.6 Å². The highest BCUT2D eigenvalue weighted by Gasteiger charge is 2.10. The minimum absolute atomic E-state index is 0.0881. The Bertz CT molecular complexity index is 683. The van der Waals surface area contributed by atoms with Crippen molar-refractivity contribution in [2.75, 3.05) is 5.32 Å². The predicted molar refractivity (Wildman–Crippen MR) is 80.2 cm³/mol. The molecule has 0 bridgehead atoms. The zero-order valence-electron chi connectivity index (χ0n) is 10.7. The van der Waals surface area contributed by atoms with Gasteiger partial charge in [0.1, 0.15) is 0 Å². The third kappa shape index (κ3) is 3.24. The highest BCUT2D eigenvalue weighted by Crippen LogP contribution is 2.20. The van der Waals surface area contributed by atoms with Gasteiger partial charge in [0.15, 0.2) is 0 Å². The molecule has 0 saturated carbocycles. The van der Waals surface area contributed by atoms with Crippen LogP contribution in [0.3, 0.4) is 0 Å². The molecule has 0 atom stereocenters. The number of rotatable bonds is 3. The van der Waals surface area contributed by atoms with E-state index in [1.807, 2.05) is 19.1 Å². The summed E-state index contributed by atoms with van der Waals surface area (Å²) < 4.78 is 0.931. The number of hydrogen-bond donors (Lipinski definition) is 2. The fraction of sp³-hybridized carbons (Fsp3) is 0.0667. The summed E-state index contributed by atoms with van der Waals surface area (Å²) >= 11 is 3.35. The third-order valence-corrected chi connectivity index (χ3v) is 3.30. The van der Waals surface area contributed by atoms with Crippen LogP contribution in [0.15, 0.2) is 46.9 Å². The molecule has 2 rings (SSSR count). The molecule has 102 valence electrons. The zero-order chi connectivity index (χ0) is 14.7. The van der Waals surface area contributed by atoms with E-state index in [0.717, 1.165) is 10.0 Å². The summed E-state index contributed by atoms with van der Waals surface area (Å²) in [4.78, 5) is 23.0. The molecule has 0 aliphatic carbocycles. The number of carbonyl (C=O) groups is 2. The molecule has 2 aromatic carbocycles. The van der Waals surface area contributed by atoms with Gasteiger partial charge >= 0.3 is 5.97 Å². The number of halogens is 1. The van der Waals surface area contributed by atoms with Crippen molar-refractivity contribution in [2.24, 2.45) is 0 Å². The summed E-state index contributed by atoms with van der Waals surface area (Å²) in [6.07, 6.45) is 0. The van der Waals surface area contributed by atoms with Gasteiger partial charge in [-0.2, -0.15) is 0 Å². The van der Waals surface area contributed by atoms with E-state index in [1.54, 1.807) is 18.2 Å². The first-order valence-electron chi connectivity index (χ1n) is 5.88. The Hall–Kier alpha value is -2.14. The zero-order valence-corrected chi connectivity index (χ0v) is 12.3. The van der Waals surface area contributed by atoms with Crippen LogP contribution in [-0.2, 0) is 0 Å². The molecular formula is C15H12BrNO3. The second-order valence-electron chi connectivity index (χ2n) is 4.30. The first-order chi connectivity index (χ1) is 9.47. The molecular weight excluding hydrogens is 322 g/mol. The van der Waals surface area contributed by atoms with Gasteiger partial charge in [0.25, 0.3) is 5.91 Å². The summed E-state index contributed by atoms with van der Waals surface area (Å²) in [6.45, 7) is 1.88. The molecule has 0 aliphatic heterocycles. The van der Waals surface area contributed by atoms with Crippen LogP contribution in [-0.4, -0.2) is 17.0 Å². The first kappa shape index (κ1) is 14.3. The van der Waals surface area contributed by atoms with Crippen LogP contribution in [0.25, 0.3) is 0 Å². The molecule has 20 heavy (non-hydrogen) atoms. The van der Waals surface area contributed by atoms with Crippen LogP contribution >= 0.6 is 15.9 Å². The minimum atomic E-state index is -1.06. The maximum atomic E-state index is 12.1. The second kappa shape index (κ2) is 5.88. The standard InChI is InChI=1S/C15H12BrNO3/c1-9-7-12(16)5-6-13(9)17-14(18)10-3-2-4-11(8-10)15(19)20/h2-8H,1H3,(H,17,18)(H,19,20). The van der Waals surface area contributed by atoms with Gasteiger partial charge in [-0.3, -0.25) is 4.79 Å². The molecule has 0 radical (unpaired) electrons. The lowest BCUT2D eigenvalue weighted by Crippen LogP contribution is -2.13. The van der Waals surface area contributed by atoms with Crippen LogP contribution in [0, 0.1) is 6.92 Å². The van der Waals surface area contributed by atoms with Gasteiger partial charge in [0.05, 0.1) is 5.56 Å². The lowest BCUT2D eigenvalue weighted by atomic mass is 10.1. The van der Waals surface area contributed by atoms with Gasteiger partial charge in [0, 0.05) is 15.7 Å². The largest absolute Gasteiger partial charge is 0.478 e. The lowest BCUT2D eigenvalue weighted by molar-refractivity contribution is 0.0697. The van der Waals surface area contributed by atoms with E-state index in [1.165, 1.54) is 12.1 Å². The maximum Gasteiger partial charge on any atom is 0.335 e. The lowest BCUT2D eigenvalue weighted by Gasteiger charge is -2.09.